The normalized spacial score (nSPS) is 21.5. The number of rotatable bonds is 5. The van der Waals surface area contributed by atoms with Crippen LogP contribution in [0.15, 0.2) is 0 Å². The van der Waals surface area contributed by atoms with Gasteiger partial charge >= 0.3 is 0 Å². The molecule has 5 N–H and O–H groups in total. The molecule has 0 saturated carbocycles. The minimum absolute atomic E-state index is 0.356. The molecule has 0 rings (SSSR count). The monoisotopic (exact) mass is 198 g/mol. The van der Waals surface area contributed by atoms with Crippen molar-refractivity contribution in [1.29, 1.82) is 0 Å². The Balaban J connectivity index is 3.90. The van der Waals surface area contributed by atoms with E-state index in [1.165, 1.54) is 6.92 Å². The maximum atomic E-state index is 9.10. The van der Waals surface area contributed by atoms with Gasteiger partial charge in [-0.05, 0) is 6.92 Å². The Labute approximate surface area is 74.7 Å². The molecular formula is C6H14O5S. The maximum Gasteiger partial charge on any atom is 0.130 e. The molecular weight excluding hydrogens is 184 g/mol. The summed E-state index contributed by atoms with van der Waals surface area (Å²) in [6, 6.07) is 0. The fourth-order valence-corrected chi connectivity index (χ4v) is 1.14. The third-order valence-corrected chi connectivity index (χ3v) is 2.15. The quantitative estimate of drug-likeness (QED) is 0.330. The fraction of sp³-hybridized carbons (Fsp3) is 1.00. The molecule has 4 unspecified atom stereocenters. The Morgan fingerprint density at radius 3 is 1.92 bits per heavy atom. The molecule has 0 aromatic carbocycles. The number of hydrogen-bond acceptors (Lipinski definition) is 6. The SMILES string of the molecule is CC(O)C(O)C(O)C(O)SCO. The van der Waals surface area contributed by atoms with Crippen LogP contribution in [-0.4, -0.2) is 55.2 Å². The van der Waals surface area contributed by atoms with Gasteiger partial charge in [0.15, 0.2) is 0 Å². The first-order valence-corrected chi connectivity index (χ1v) is 4.50. The largest absolute Gasteiger partial charge is 0.391 e. The first kappa shape index (κ1) is 12.2. The van der Waals surface area contributed by atoms with Gasteiger partial charge in [-0.1, -0.05) is 0 Å². The predicted octanol–water partition coefficient (Wildman–Crippen LogP) is -1.91. The van der Waals surface area contributed by atoms with Gasteiger partial charge < -0.3 is 25.5 Å². The molecule has 0 radical (unpaired) electrons. The minimum atomic E-state index is -1.46. The van der Waals surface area contributed by atoms with E-state index in [1.54, 1.807) is 0 Å². The standard InChI is InChI=1S/C6H14O5S/c1-3(8)4(9)5(10)6(11)12-2-7/h3-11H,2H2,1H3. The zero-order valence-corrected chi connectivity index (χ0v) is 7.48. The molecule has 0 aliphatic carbocycles. The van der Waals surface area contributed by atoms with E-state index in [-0.39, 0.29) is 5.94 Å². The average Bonchev–Trinajstić information content (AvgIpc) is 2.02. The van der Waals surface area contributed by atoms with Gasteiger partial charge in [0.2, 0.25) is 0 Å². The van der Waals surface area contributed by atoms with Crippen LogP contribution in [0.5, 0.6) is 0 Å². The van der Waals surface area contributed by atoms with Gasteiger partial charge in [0, 0.05) is 0 Å². The minimum Gasteiger partial charge on any atom is -0.391 e. The lowest BCUT2D eigenvalue weighted by Gasteiger charge is -2.23. The number of aliphatic hydroxyl groups is 5. The fourth-order valence-electron chi connectivity index (χ4n) is 0.629. The first-order chi connectivity index (χ1) is 5.50. The molecule has 74 valence electrons. The zero-order valence-electron chi connectivity index (χ0n) is 6.66. The van der Waals surface area contributed by atoms with E-state index in [1.807, 2.05) is 0 Å². The van der Waals surface area contributed by atoms with Crippen LogP contribution in [0.3, 0.4) is 0 Å². The zero-order chi connectivity index (χ0) is 9.72. The summed E-state index contributed by atoms with van der Waals surface area (Å²) in [6.07, 6.45) is -3.98. The van der Waals surface area contributed by atoms with Crippen LogP contribution in [0.2, 0.25) is 0 Å². The summed E-state index contributed by atoms with van der Waals surface area (Å²) in [5.41, 5.74) is -1.29. The summed E-state index contributed by atoms with van der Waals surface area (Å²) < 4.78 is 0. The topological polar surface area (TPSA) is 101 Å². The molecule has 0 saturated heterocycles. The van der Waals surface area contributed by atoms with E-state index >= 15 is 0 Å². The highest BCUT2D eigenvalue weighted by atomic mass is 32.2. The van der Waals surface area contributed by atoms with Crippen LogP contribution in [0.1, 0.15) is 6.92 Å². The molecule has 0 spiro atoms. The third-order valence-electron chi connectivity index (χ3n) is 1.38. The van der Waals surface area contributed by atoms with Gasteiger partial charge in [0.25, 0.3) is 0 Å². The Hall–Kier alpha value is 0.150. The van der Waals surface area contributed by atoms with Gasteiger partial charge in [-0.2, -0.15) is 0 Å². The smallest absolute Gasteiger partial charge is 0.130 e. The van der Waals surface area contributed by atoms with Crippen LogP contribution in [-0.2, 0) is 0 Å². The van der Waals surface area contributed by atoms with Crippen molar-refractivity contribution < 1.29 is 25.5 Å². The summed E-state index contributed by atoms with van der Waals surface area (Å²) in [6.45, 7) is 1.30. The first-order valence-electron chi connectivity index (χ1n) is 3.45. The molecule has 0 aromatic rings. The molecule has 0 bridgehead atoms. The van der Waals surface area contributed by atoms with Gasteiger partial charge in [-0.25, -0.2) is 0 Å². The van der Waals surface area contributed by atoms with Crippen molar-refractivity contribution in [3.05, 3.63) is 0 Å². The van der Waals surface area contributed by atoms with Crippen LogP contribution >= 0.6 is 11.8 Å². The second kappa shape index (κ2) is 5.74. The van der Waals surface area contributed by atoms with E-state index < -0.39 is 23.7 Å². The lowest BCUT2D eigenvalue weighted by molar-refractivity contribution is -0.0782. The van der Waals surface area contributed by atoms with Crippen molar-refractivity contribution in [2.45, 2.75) is 30.7 Å². The predicted molar refractivity (Wildman–Crippen MR) is 44.4 cm³/mol. The van der Waals surface area contributed by atoms with E-state index in [0.29, 0.717) is 11.8 Å². The van der Waals surface area contributed by atoms with Crippen molar-refractivity contribution in [1.82, 2.24) is 0 Å². The highest BCUT2D eigenvalue weighted by molar-refractivity contribution is 7.99. The van der Waals surface area contributed by atoms with Crippen molar-refractivity contribution >= 4 is 11.8 Å². The van der Waals surface area contributed by atoms with Gasteiger partial charge in [0.05, 0.1) is 12.0 Å². The molecule has 0 heterocycles. The summed E-state index contributed by atoms with van der Waals surface area (Å²) in [4.78, 5) is 0. The van der Waals surface area contributed by atoms with Gasteiger partial charge in [-0.15, -0.1) is 11.8 Å². The molecule has 0 aromatic heterocycles. The van der Waals surface area contributed by atoms with Crippen LogP contribution < -0.4 is 0 Å². The lowest BCUT2D eigenvalue weighted by atomic mass is 10.1. The molecule has 0 aliphatic rings. The number of aliphatic hydroxyl groups excluding tert-OH is 5. The average molecular weight is 198 g/mol. The van der Waals surface area contributed by atoms with Crippen molar-refractivity contribution in [2.24, 2.45) is 0 Å². The van der Waals surface area contributed by atoms with E-state index in [0.717, 1.165) is 0 Å². The molecule has 5 nitrogen and oxygen atoms in total. The summed E-state index contributed by atoms with van der Waals surface area (Å²) >= 11 is 0.675. The number of thioether (sulfide) groups is 1. The van der Waals surface area contributed by atoms with Gasteiger partial charge in [-0.3, -0.25) is 0 Å². The number of hydrogen-bond donors (Lipinski definition) is 5. The van der Waals surface area contributed by atoms with Crippen LogP contribution in [0, 0.1) is 0 Å². The van der Waals surface area contributed by atoms with Crippen molar-refractivity contribution in [2.75, 3.05) is 5.94 Å². The molecule has 0 aliphatic heterocycles. The van der Waals surface area contributed by atoms with E-state index in [9.17, 15) is 0 Å². The summed E-state index contributed by atoms with van der Waals surface area (Å²) in [7, 11) is 0. The lowest BCUT2D eigenvalue weighted by Crippen LogP contribution is -2.42. The van der Waals surface area contributed by atoms with Crippen LogP contribution in [0.4, 0.5) is 0 Å². The highest BCUT2D eigenvalue weighted by Crippen LogP contribution is 2.14. The second-order valence-electron chi connectivity index (χ2n) is 2.41. The van der Waals surface area contributed by atoms with Crippen LogP contribution in [0.25, 0.3) is 0 Å². The molecule has 12 heavy (non-hydrogen) atoms. The molecule has 0 fully saturated rings. The van der Waals surface area contributed by atoms with Crippen molar-refractivity contribution in [3.63, 3.8) is 0 Å². The Morgan fingerprint density at radius 1 is 1.08 bits per heavy atom. The Bertz CT molecular complexity index is 121. The van der Waals surface area contributed by atoms with Crippen molar-refractivity contribution in [3.8, 4) is 0 Å². The second-order valence-corrected chi connectivity index (χ2v) is 3.48. The van der Waals surface area contributed by atoms with E-state index in [4.69, 9.17) is 25.5 Å². The third kappa shape index (κ3) is 3.70. The Morgan fingerprint density at radius 2 is 1.58 bits per heavy atom. The Kier molecular flexibility index (Phi) is 5.81. The molecule has 0 amide bonds. The van der Waals surface area contributed by atoms with E-state index in [2.05, 4.69) is 0 Å². The van der Waals surface area contributed by atoms with Gasteiger partial charge in [0.1, 0.15) is 17.6 Å². The summed E-state index contributed by atoms with van der Waals surface area (Å²) in [5.74, 6) is -0.356. The maximum absolute atomic E-state index is 9.10. The highest BCUT2D eigenvalue weighted by Gasteiger charge is 2.27. The molecule has 6 heteroatoms. The summed E-state index contributed by atoms with van der Waals surface area (Å²) in [5, 5.41) is 44.3. The molecule has 4 atom stereocenters.